The molecule has 2 aromatic heterocycles. The van der Waals surface area contributed by atoms with E-state index in [1.807, 2.05) is 0 Å². The molecule has 3 N–H and O–H groups in total. The van der Waals surface area contributed by atoms with Gasteiger partial charge in [-0.15, -0.1) is 0 Å². The number of imidazole rings is 1. The van der Waals surface area contributed by atoms with Gasteiger partial charge in [0.15, 0.2) is 6.29 Å². The minimum Gasteiger partial charge on any atom is -0.396 e. The number of nitrogens with zero attached hydrogens (tertiary/aromatic N) is 3. The highest BCUT2D eigenvalue weighted by atomic mass is 19.1. The molecule has 3 heterocycles. The molecule has 0 amide bonds. The first kappa shape index (κ1) is 22.3. The molecule has 0 atom stereocenters. The molecule has 4 rings (SSSR count). The van der Waals surface area contributed by atoms with Crippen molar-refractivity contribution in [3.05, 3.63) is 48.2 Å². The second-order valence-electron chi connectivity index (χ2n) is 7.45. The number of halogens is 1. The molecule has 1 fully saturated rings. The first-order chi connectivity index (χ1) is 15.7. The summed E-state index contributed by atoms with van der Waals surface area (Å²) in [6.45, 7) is 2.00. The lowest BCUT2D eigenvalue weighted by Crippen LogP contribution is -2.35. The van der Waals surface area contributed by atoms with E-state index >= 15 is 0 Å². The van der Waals surface area contributed by atoms with Gasteiger partial charge in [-0.25, -0.2) is 19.3 Å². The summed E-state index contributed by atoms with van der Waals surface area (Å²) < 4.78 is 29.9. The van der Waals surface area contributed by atoms with Crippen LogP contribution in [0.4, 0.5) is 10.3 Å². The smallest absolute Gasteiger partial charge is 0.223 e. The first-order valence-electron chi connectivity index (χ1n) is 10.4. The molecule has 1 saturated heterocycles. The fraction of sp³-hybridized carbons (Fsp3) is 0.409. The SMILES string of the molecule is COCCNc1nccc(-c2[nH]c(CC3OCC(CO)CO3)nc2-c2ccc(F)cc2)n1. The van der Waals surface area contributed by atoms with Gasteiger partial charge >= 0.3 is 0 Å². The van der Waals surface area contributed by atoms with Crippen LogP contribution in [0.2, 0.25) is 0 Å². The van der Waals surface area contributed by atoms with Crippen LogP contribution in [0.5, 0.6) is 0 Å². The van der Waals surface area contributed by atoms with Crippen LogP contribution in [0, 0.1) is 11.7 Å². The maximum atomic E-state index is 13.5. The second-order valence-corrected chi connectivity index (χ2v) is 7.45. The van der Waals surface area contributed by atoms with E-state index in [0.29, 0.717) is 61.6 Å². The molecule has 10 heteroatoms. The zero-order valence-electron chi connectivity index (χ0n) is 17.8. The van der Waals surface area contributed by atoms with Crippen LogP contribution < -0.4 is 5.32 Å². The number of hydrogen-bond donors (Lipinski definition) is 3. The van der Waals surface area contributed by atoms with E-state index in [0.717, 1.165) is 5.56 Å². The molecule has 0 radical (unpaired) electrons. The standard InChI is InChI=1S/C22H26FN5O4/c1-30-9-8-25-22-24-7-6-17(26-22)21-20(15-2-4-16(23)5-3-15)27-18(28-21)10-19-31-12-14(11-29)13-32-19/h2-7,14,19,29H,8-13H2,1H3,(H,27,28)(H,24,25,26). The number of H-pyrrole nitrogens is 1. The largest absolute Gasteiger partial charge is 0.396 e. The van der Waals surface area contributed by atoms with E-state index in [1.54, 1.807) is 31.5 Å². The van der Waals surface area contributed by atoms with Gasteiger partial charge in [-0.3, -0.25) is 0 Å². The van der Waals surface area contributed by atoms with Crippen LogP contribution in [-0.2, 0) is 20.6 Å². The average molecular weight is 443 g/mol. The number of nitrogens with one attached hydrogen (secondary N) is 2. The summed E-state index contributed by atoms with van der Waals surface area (Å²) in [6.07, 6.45) is 1.60. The predicted octanol–water partition coefficient (Wildman–Crippen LogP) is 2.25. The number of anilines is 1. The number of aromatic amines is 1. The number of hydrogen-bond acceptors (Lipinski definition) is 8. The van der Waals surface area contributed by atoms with E-state index in [9.17, 15) is 9.50 Å². The third-order valence-electron chi connectivity index (χ3n) is 5.03. The van der Waals surface area contributed by atoms with Crippen molar-refractivity contribution >= 4 is 5.95 Å². The molecule has 0 aliphatic carbocycles. The van der Waals surface area contributed by atoms with Crippen LogP contribution in [-0.4, -0.2) is 71.4 Å². The monoisotopic (exact) mass is 443 g/mol. The Hall–Kier alpha value is -2.92. The first-order valence-corrected chi connectivity index (χ1v) is 10.4. The van der Waals surface area contributed by atoms with Crippen molar-refractivity contribution in [3.63, 3.8) is 0 Å². The predicted molar refractivity (Wildman–Crippen MR) is 115 cm³/mol. The minimum absolute atomic E-state index is 0.0155. The van der Waals surface area contributed by atoms with E-state index in [1.165, 1.54) is 12.1 Å². The van der Waals surface area contributed by atoms with Crippen molar-refractivity contribution in [1.82, 2.24) is 19.9 Å². The zero-order valence-corrected chi connectivity index (χ0v) is 17.8. The topological polar surface area (TPSA) is 114 Å². The van der Waals surface area contributed by atoms with Crippen LogP contribution in [0.25, 0.3) is 22.6 Å². The molecule has 1 aromatic carbocycles. The van der Waals surface area contributed by atoms with Crippen LogP contribution in [0.15, 0.2) is 36.5 Å². The molecule has 170 valence electrons. The van der Waals surface area contributed by atoms with Gasteiger partial charge in [-0.1, -0.05) is 0 Å². The Balaban J connectivity index is 1.61. The van der Waals surface area contributed by atoms with E-state index in [4.69, 9.17) is 19.2 Å². The minimum atomic E-state index is -0.463. The summed E-state index contributed by atoms with van der Waals surface area (Å²) in [6, 6.07) is 7.93. The maximum absolute atomic E-state index is 13.5. The molecule has 9 nitrogen and oxygen atoms in total. The normalized spacial score (nSPS) is 18.6. The lowest BCUT2D eigenvalue weighted by Gasteiger charge is -2.27. The number of methoxy groups -OCH3 is 1. The molecule has 0 spiro atoms. The van der Waals surface area contributed by atoms with Crippen molar-refractivity contribution in [2.45, 2.75) is 12.7 Å². The molecule has 0 saturated carbocycles. The van der Waals surface area contributed by atoms with E-state index in [2.05, 4.69) is 20.3 Å². The van der Waals surface area contributed by atoms with Crippen molar-refractivity contribution in [2.75, 3.05) is 45.4 Å². The lowest BCUT2D eigenvalue weighted by atomic mass is 10.1. The Kier molecular flexibility index (Phi) is 7.38. The zero-order chi connectivity index (χ0) is 22.3. The Morgan fingerprint density at radius 3 is 2.69 bits per heavy atom. The number of aliphatic hydroxyl groups excluding tert-OH is 1. The molecule has 1 aliphatic heterocycles. The molecule has 3 aromatic rings. The highest BCUT2D eigenvalue weighted by molar-refractivity contribution is 5.77. The van der Waals surface area contributed by atoms with E-state index < -0.39 is 6.29 Å². The van der Waals surface area contributed by atoms with Crippen LogP contribution in [0.1, 0.15) is 5.82 Å². The summed E-state index contributed by atoms with van der Waals surface area (Å²) in [5, 5.41) is 12.4. The number of rotatable bonds is 9. The summed E-state index contributed by atoms with van der Waals surface area (Å²) >= 11 is 0. The average Bonchev–Trinajstić information content (AvgIpc) is 3.24. The van der Waals surface area contributed by atoms with Crippen molar-refractivity contribution in [3.8, 4) is 22.6 Å². The van der Waals surface area contributed by atoms with Crippen molar-refractivity contribution in [2.24, 2.45) is 5.92 Å². The fourth-order valence-corrected chi connectivity index (χ4v) is 3.33. The van der Waals surface area contributed by atoms with Gasteiger partial charge in [-0.05, 0) is 30.3 Å². The number of aromatic nitrogens is 4. The van der Waals surface area contributed by atoms with Gasteiger partial charge in [0.2, 0.25) is 5.95 Å². The van der Waals surface area contributed by atoms with Crippen LogP contribution in [0.3, 0.4) is 0 Å². The molecular formula is C22H26FN5O4. The van der Waals surface area contributed by atoms with Crippen molar-refractivity contribution < 1.29 is 23.7 Å². The van der Waals surface area contributed by atoms with Gasteiger partial charge in [0.1, 0.15) is 11.6 Å². The molecular weight excluding hydrogens is 417 g/mol. The quantitative estimate of drug-likeness (QED) is 0.432. The Labute approximate surface area is 185 Å². The van der Waals surface area contributed by atoms with Gasteiger partial charge in [0.25, 0.3) is 0 Å². The molecule has 0 unspecified atom stereocenters. The van der Waals surface area contributed by atoms with Gasteiger partial charge < -0.3 is 29.6 Å². The summed E-state index contributed by atoms with van der Waals surface area (Å²) in [4.78, 5) is 16.9. The maximum Gasteiger partial charge on any atom is 0.223 e. The van der Waals surface area contributed by atoms with Gasteiger partial charge in [0.05, 0.1) is 49.9 Å². The number of aliphatic hydroxyl groups is 1. The van der Waals surface area contributed by atoms with Gasteiger partial charge in [-0.2, -0.15) is 0 Å². The highest BCUT2D eigenvalue weighted by Crippen LogP contribution is 2.30. The van der Waals surface area contributed by atoms with E-state index in [-0.39, 0.29) is 18.3 Å². The summed E-state index contributed by atoms with van der Waals surface area (Å²) in [5.41, 5.74) is 2.73. The van der Waals surface area contributed by atoms with Crippen LogP contribution >= 0.6 is 0 Å². The molecule has 1 aliphatic rings. The Bertz CT molecular complexity index is 1010. The fourth-order valence-electron chi connectivity index (χ4n) is 3.33. The third-order valence-corrected chi connectivity index (χ3v) is 5.03. The number of ether oxygens (including phenoxy) is 3. The highest BCUT2D eigenvalue weighted by Gasteiger charge is 2.24. The third kappa shape index (κ3) is 5.46. The summed E-state index contributed by atoms with van der Waals surface area (Å²) in [5.74, 6) is 0.785. The second kappa shape index (κ2) is 10.6. The lowest BCUT2D eigenvalue weighted by molar-refractivity contribution is -0.204. The molecule has 0 bridgehead atoms. The number of benzene rings is 1. The van der Waals surface area contributed by atoms with Crippen molar-refractivity contribution in [1.29, 1.82) is 0 Å². The summed E-state index contributed by atoms with van der Waals surface area (Å²) in [7, 11) is 1.63. The van der Waals surface area contributed by atoms with Gasteiger partial charge in [0, 0.05) is 31.3 Å². The molecule has 32 heavy (non-hydrogen) atoms. The Morgan fingerprint density at radius 2 is 1.97 bits per heavy atom. The Morgan fingerprint density at radius 1 is 1.19 bits per heavy atom.